The summed E-state index contributed by atoms with van der Waals surface area (Å²) in [5.74, 6) is 0. The number of thioether (sulfide) groups is 1. The van der Waals surface area contributed by atoms with Crippen LogP contribution in [0.4, 0.5) is 0 Å². The fraction of sp³-hybridized carbons (Fsp3) is 1.00. The second-order valence-electron chi connectivity index (χ2n) is 2.62. The highest BCUT2D eigenvalue weighted by Crippen LogP contribution is 2.30. The van der Waals surface area contributed by atoms with Crippen molar-refractivity contribution in [3.8, 4) is 0 Å². The van der Waals surface area contributed by atoms with Gasteiger partial charge in [0.15, 0.2) is 0 Å². The molecule has 1 aliphatic rings. The highest BCUT2D eigenvalue weighted by atomic mass is 32.2. The molecule has 0 saturated carbocycles. The van der Waals surface area contributed by atoms with Crippen LogP contribution < -0.4 is 0 Å². The molecule has 66 valence electrons. The maximum absolute atomic E-state index is 9.12. The highest BCUT2D eigenvalue weighted by Gasteiger charge is 2.34. The molecule has 4 N–H and O–H groups in total. The fourth-order valence-electron chi connectivity index (χ4n) is 1.05. The molecule has 1 fully saturated rings. The first kappa shape index (κ1) is 9.28. The van der Waals surface area contributed by atoms with Crippen LogP contribution in [0.25, 0.3) is 0 Å². The van der Waals surface area contributed by atoms with Crippen LogP contribution in [0.2, 0.25) is 0 Å². The molecule has 1 rings (SSSR count). The number of hydrogen-bond acceptors (Lipinski definition) is 5. The van der Waals surface area contributed by atoms with Gasteiger partial charge in [-0.2, -0.15) is 0 Å². The minimum Gasteiger partial charge on any atom is -0.395 e. The smallest absolute Gasteiger partial charge is 0.128 e. The van der Waals surface area contributed by atoms with E-state index >= 15 is 0 Å². The Balaban J connectivity index is 2.47. The van der Waals surface area contributed by atoms with Gasteiger partial charge >= 0.3 is 0 Å². The SMILES string of the molecule is OC[C@@H]1C[C@H](O)[C@H](O)C(O)S1. The normalized spacial score (nSPS) is 45.8. The van der Waals surface area contributed by atoms with Gasteiger partial charge in [0.1, 0.15) is 11.5 Å². The predicted molar refractivity (Wildman–Crippen MR) is 41.1 cm³/mol. The maximum atomic E-state index is 9.12. The third kappa shape index (κ3) is 2.07. The minimum absolute atomic E-state index is 0.0779. The zero-order valence-electron chi connectivity index (χ0n) is 5.92. The molecular weight excluding hydrogens is 168 g/mol. The van der Waals surface area contributed by atoms with Gasteiger partial charge in [-0.25, -0.2) is 0 Å². The van der Waals surface area contributed by atoms with Gasteiger partial charge < -0.3 is 20.4 Å². The first-order valence-electron chi connectivity index (χ1n) is 3.45. The molecule has 0 aromatic rings. The van der Waals surface area contributed by atoms with E-state index in [0.717, 1.165) is 11.8 Å². The maximum Gasteiger partial charge on any atom is 0.128 e. The molecule has 0 aliphatic carbocycles. The lowest BCUT2D eigenvalue weighted by atomic mass is 10.1. The lowest BCUT2D eigenvalue weighted by Gasteiger charge is -2.32. The van der Waals surface area contributed by atoms with E-state index in [9.17, 15) is 0 Å². The molecule has 0 bridgehead atoms. The van der Waals surface area contributed by atoms with Gasteiger partial charge in [-0.1, -0.05) is 0 Å². The molecule has 1 aliphatic heterocycles. The number of hydrogen-bond donors (Lipinski definition) is 4. The van der Waals surface area contributed by atoms with Gasteiger partial charge in [-0.15, -0.1) is 11.8 Å². The summed E-state index contributed by atoms with van der Waals surface area (Å²) in [6, 6.07) is 0. The van der Waals surface area contributed by atoms with Crippen LogP contribution in [0.1, 0.15) is 6.42 Å². The fourth-order valence-corrected chi connectivity index (χ4v) is 2.18. The van der Waals surface area contributed by atoms with E-state index in [-0.39, 0.29) is 11.9 Å². The lowest BCUT2D eigenvalue weighted by molar-refractivity contribution is -0.0381. The Morgan fingerprint density at radius 2 is 1.91 bits per heavy atom. The summed E-state index contributed by atoms with van der Waals surface area (Å²) >= 11 is 1.09. The highest BCUT2D eigenvalue weighted by molar-refractivity contribution is 8.00. The van der Waals surface area contributed by atoms with Gasteiger partial charge in [0.25, 0.3) is 0 Å². The van der Waals surface area contributed by atoms with Crippen molar-refractivity contribution < 1.29 is 20.4 Å². The monoisotopic (exact) mass is 180 g/mol. The molecule has 0 radical (unpaired) electrons. The molecule has 0 aromatic carbocycles. The molecule has 0 spiro atoms. The van der Waals surface area contributed by atoms with Crippen LogP contribution in [0, 0.1) is 0 Å². The Bertz CT molecular complexity index is 120. The summed E-state index contributed by atoms with van der Waals surface area (Å²) in [4.78, 5) is 0. The molecule has 5 heteroatoms. The van der Waals surface area contributed by atoms with Gasteiger partial charge in [-0.3, -0.25) is 0 Å². The van der Waals surface area contributed by atoms with Gasteiger partial charge in [-0.05, 0) is 6.42 Å². The Morgan fingerprint density at radius 1 is 1.27 bits per heavy atom. The summed E-state index contributed by atoms with van der Waals surface area (Å²) in [7, 11) is 0. The van der Waals surface area contributed by atoms with E-state index < -0.39 is 17.6 Å². The summed E-state index contributed by atoms with van der Waals surface area (Å²) in [5.41, 5.74) is -0.976. The molecule has 4 atom stereocenters. The molecule has 1 saturated heterocycles. The van der Waals surface area contributed by atoms with Crippen molar-refractivity contribution in [1.29, 1.82) is 0 Å². The summed E-state index contributed by atoms with van der Waals surface area (Å²) in [6.07, 6.45) is -1.66. The zero-order chi connectivity index (χ0) is 8.43. The van der Waals surface area contributed by atoms with Crippen molar-refractivity contribution in [3.05, 3.63) is 0 Å². The molecular formula is C6H12O4S. The second kappa shape index (κ2) is 3.73. The van der Waals surface area contributed by atoms with E-state index in [1.54, 1.807) is 0 Å². The number of aliphatic hydroxyl groups excluding tert-OH is 4. The Hall–Kier alpha value is 0.190. The van der Waals surface area contributed by atoms with Crippen molar-refractivity contribution >= 4 is 11.8 Å². The van der Waals surface area contributed by atoms with E-state index in [0.29, 0.717) is 6.42 Å². The number of aliphatic hydroxyl groups is 4. The van der Waals surface area contributed by atoms with Crippen molar-refractivity contribution in [2.75, 3.05) is 6.61 Å². The third-order valence-electron chi connectivity index (χ3n) is 1.73. The van der Waals surface area contributed by atoms with Crippen molar-refractivity contribution in [2.45, 2.75) is 29.3 Å². The molecule has 1 unspecified atom stereocenters. The first-order chi connectivity index (χ1) is 5.15. The minimum atomic E-state index is -1.08. The van der Waals surface area contributed by atoms with E-state index in [1.807, 2.05) is 0 Å². The van der Waals surface area contributed by atoms with Crippen LogP contribution in [-0.4, -0.2) is 49.9 Å². The average molecular weight is 180 g/mol. The molecule has 0 amide bonds. The zero-order valence-corrected chi connectivity index (χ0v) is 6.74. The van der Waals surface area contributed by atoms with Crippen LogP contribution in [0.15, 0.2) is 0 Å². The Labute approximate surface area is 68.9 Å². The molecule has 0 aromatic heterocycles. The van der Waals surface area contributed by atoms with Crippen LogP contribution in [-0.2, 0) is 0 Å². The third-order valence-corrected chi connectivity index (χ3v) is 3.01. The first-order valence-corrected chi connectivity index (χ1v) is 4.40. The standard InChI is InChI=1S/C6H12O4S/c7-2-3-1-4(8)5(9)6(10)11-3/h3-10H,1-2H2/t3-,4-,5-,6?/m0/s1. The van der Waals surface area contributed by atoms with Gasteiger partial charge in [0.2, 0.25) is 0 Å². The summed E-state index contributed by atoms with van der Waals surface area (Å²) in [6.45, 7) is -0.0779. The summed E-state index contributed by atoms with van der Waals surface area (Å²) < 4.78 is 0. The van der Waals surface area contributed by atoms with Gasteiger partial charge in [0, 0.05) is 5.25 Å². The van der Waals surface area contributed by atoms with Crippen molar-refractivity contribution in [1.82, 2.24) is 0 Å². The molecule has 4 nitrogen and oxygen atoms in total. The average Bonchev–Trinajstić information content (AvgIpc) is 1.99. The van der Waals surface area contributed by atoms with Crippen LogP contribution in [0.3, 0.4) is 0 Å². The van der Waals surface area contributed by atoms with Crippen LogP contribution >= 0.6 is 11.8 Å². The quantitative estimate of drug-likeness (QED) is 0.396. The van der Waals surface area contributed by atoms with Gasteiger partial charge in [0.05, 0.1) is 12.7 Å². The lowest BCUT2D eigenvalue weighted by Crippen LogP contribution is -2.43. The van der Waals surface area contributed by atoms with E-state index in [1.165, 1.54) is 0 Å². The number of rotatable bonds is 1. The largest absolute Gasteiger partial charge is 0.395 e. The van der Waals surface area contributed by atoms with E-state index in [4.69, 9.17) is 20.4 Å². The van der Waals surface area contributed by atoms with Crippen molar-refractivity contribution in [2.24, 2.45) is 0 Å². The predicted octanol–water partition coefficient (Wildman–Crippen LogP) is -1.48. The van der Waals surface area contributed by atoms with Crippen LogP contribution in [0.5, 0.6) is 0 Å². The molecule has 11 heavy (non-hydrogen) atoms. The van der Waals surface area contributed by atoms with Crippen molar-refractivity contribution in [3.63, 3.8) is 0 Å². The second-order valence-corrected chi connectivity index (χ2v) is 4.05. The summed E-state index contributed by atoms with van der Waals surface area (Å²) in [5, 5.41) is 35.8. The Kier molecular flexibility index (Phi) is 3.15. The van der Waals surface area contributed by atoms with E-state index in [2.05, 4.69) is 0 Å². The topological polar surface area (TPSA) is 80.9 Å². The molecule has 1 heterocycles. The Morgan fingerprint density at radius 3 is 2.36 bits per heavy atom.